The molecule has 4 heteroatoms. The maximum atomic E-state index is 4.38. The molecule has 1 N–H and O–H groups in total. The smallest absolute Gasteiger partial charge is 0.125 e. The Kier molecular flexibility index (Phi) is 4.18. The molecule has 17 heavy (non-hydrogen) atoms. The van der Waals surface area contributed by atoms with Gasteiger partial charge in [0.2, 0.25) is 0 Å². The molecular formula is C13H24N4. The van der Waals surface area contributed by atoms with E-state index in [2.05, 4.69) is 40.8 Å². The summed E-state index contributed by atoms with van der Waals surface area (Å²) in [7, 11) is 4.26. The molecule has 1 aliphatic rings. The Morgan fingerprint density at radius 1 is 1.41 bits per heavy atom. The molecule has 1 unspecified atom stereocenters. The van der Waals surface area contributed by atoms with Gasteiger partial charge in [-0.2, -0.15) is 0 Å². The van der Waals surface area contributed by atoms with E-state index in [1.54, 1.807) is 0 Å². The third-order valence-corrected chi connectivity index (χ3v) is 3.80. The topological polar surface area (TPSA) is 33.1 Å². The largest absolute Gasteiger partial charge is 0.337 e. The molecule has 1 aromatic heterocycles. The Morgan fingerprint density at radius 2 is 2.12 bits per heavy atom. The van der Waals surface area contributed by atoms with Crippen LogP contribution in [0, 0.1) is 5.92 Å². The van der Waals surface area contributed by atoms with Gasteiger partial charge >= 0.3 is 0 Å². The SMILES string of the molecule is CC(NCC1CCN(C)CC1)c1nccn1C. The molecule has 0 saturated carbocycles. The normalized spacial score (nSPS) is 20.6. The number of nitrogens with zero attached hydrogens (tertiary/aromatic N) is 3. The van der Waals surface area contributed by atoms with Crippen LogP contribution in [0.1, 0.15) is 31.6 Å². The van der Waals surface area contributed by atoms with Gasteiger partial charge < -0.3 is 14.8 Å². The van der Waals surface area contributed by atoms with Crippen molar-refractivity contribution in [2.24, 2.45) is 13.0 Å². The zero-order valence-corrected chi connectivity index (χ0v) is 11.2. The lowest BCUT2D eigenvalue weighted by atomic mass is 9.97. The third-order valence-electron chi connectivity index (χ3n) is 3.80. The summed E-state index contributed by atoms with van der Waals surface area (Å²) < 4.78 is 2.09. The highest BCUT2D eigenvalue weighted by Gasteiger charge is 2.18. The maximum Gasteiger partial charge on any atom is 0.125 e. The van der Waals surface area contributed by atoms with E-state index in [-0.39, 0.29) is 0 Å². The molecule has 1 aromatic rings. The number of nitrogens with one attached hydrogen (secondary N) is 1. The molecular weight excluding hydrogens is 212 g/mol. The summed E-state index contributed by atoms with van der Waals surface area (Å²) in [6.07, 6.45) is 6.50. The minimum atomic E-state index is 0.342. The first-order chi connectivity index (χ1) is 8.16. The maximum absolute atomic E-state index is 4.38. The molecule has 96 valence electrons. The van der Waals surface area contributed by atoms with E-state index in [0.29, 0.717) is 6.04 Å². The van der Waals surface area contributed by atoms with Crippen LogP contribution in [-0.2, 0) is 7.05 Å². The zero-order valence-electron chi connectivity index (χ0n) is 11.2. The highest BCUT2D eigenvalue weighted by atomic mass is 15.1. The Balaban J connectivity index is 1.77. The number of hydrogen-bond donors (Lipinski definition) is 1. The quantitative estimate of drug-likeness (QED) is 0.858. The van der Waals surface area contributed by atoms with Crippen molar-refractivity contribution in [1.82, 2.24) is 19.8 Å². The van der Waals surface area contributed by atoms with E-state index in [9.17, 15) is 0 Å². The number of aromatic nitrogens is 2. The third kappa shape index (κ3) is 3.30. The van der Waals surface area contributed by atoms with Crippen LogP contribution in [0.2, 0.25) is 0 Å². The van der Waals surface area contributed by atoms with Crippen LogP contribution in [0.3, 0.4) is 0 Å². The first kappa shape index (κ1) is 12.6. The first-order valence-electron chi connectivity index (χ1n) is 6.56. The fourth-order valence-electron chi connectivity index (χ4n) is 2.50. The Labute approximate surface area is 104 Å². The van der Waals surface area contributed by atoms with Crippen molar-refractivity contribution in [3.63, 3.8) is 0 Å². The lowest BCUT2D eigenvalue weighted by Gasteiger charge is -2.29. The van der Waals surface area contributed by atoms with Gasteiger partial charge in [-0.15, -0.1) is 0 Å². The predicted octanol–water partition coefficient (Wildman–Crippen LogP) is 1.41. The van der Waals surface area contributed by atoms with Crippen molar-refractivity contribution in [2.75, 3.05) is 26.7 Å². The summed E-state index contributed by atoms with van der Waals surface area (Å²) in [5, 5.41) is 3.61. The average molecular weight is 236 g/mol. The Hall–Kier alpha value is -0.870. The van der Waals surface area contributed by atoms with Gasteiger partial charge in [0, 0.05) is 19.4 Å². The van der Waals surface area contributed by atoms with Crippen LogP contribution >= 0.6 is 0 Å². The van der Waals surface area contributed by atoms with Gasteiger partial charge in [-0.25, -0.2) is 4.98 Å². The van der Waals surface area contributed by atoms with E-state index < -0.39 is 0 Å². The molecule has 1 saturated heterocycles. The Bertz CT molecular complexity index is 339. The lowest BCUT2D eigenvalue weighted by Crippen LogP contribution is -2.36. The molecule has 2 rings (SSSR count). The van der Waals surface area contributed by atoms with Crippen LogP contribution in [0.4, 0.5) is 0 Å². The van der Waals surface area contributed by atoms with Crippen LogP contribution in [0.15, 0.2) is 12.4 Å². The molecule has 4 nitrogen and oxygen atoms in total. The number of piperidine rings is 1. The van der Waals surface area contributed by atoms with Gasteiger partial charge in [-0.1, -0.05) is 0 Å². The molecule has 0 aromatic carbocycles. The molecule has 0 radical (unpaired) electrons. The van der Waals surface area contributed by atoms with Crippen molar-refractivity contribution >= 4 is 0 Å². The van der Waals surface area contributed by atoms with Gasteiger partial charge in [0.25, 0.3) is 0 Å². The second kappa shape index (κ2) is 5.65. The molecule has 2 heterocycles. The van der Waals surface area contributed by atoms with Crippen LogP contribution in [-0.4, -0.2) is 41.1 Å². The van der Waals surface area contributed by atoms with Crippen molar-refractivity contribution < 1.29 is 0 Å². The summed E-state index contributed by atoms with van der Waals surface area (Å²) in [6, 6.07) is 0.342. The van der Waals surface area contributed by atoms with Crippen molar-refractivity contribution in [2.45, 2.75) is 25.8 Å². The van der Waals surface area contributed by atoms with E-state index >= 15 is 0 Å². The van der Waals surface area contributed by atoms with Gasteiger partial charge in [0.05, 0.1) is 6.04 Å². The minimum Gasteiger partial charge on any atom is -0.337 e. The number of likely N-dealkylation sites (tertiary alicyclic amines) is 1. The predicted molar refractivity (Wildman–Crippen MR) is 69.8 cm³/mol. The second-order valence-corrected chi connectivity index (χ2v) is 5.27. The first-order valence-corrected chi connectivity index (χ1v) is 6.56. The van der Waals surface area contributed by atoms with E-state index in [1.807, 2.05) is 12.4 Å². The summed E-state index contributed by atoms with van der Waals surface area (Å²) >= 11 is 0. The molecule has 0 spiro atoms. The zero-order chi connectivity index (χ0) is 12.3. The molecule has 1 atom stereocenters. The van der Waals surface area contributed by atoms with Crippen molar-refractivity contribution in [3.05, 3.63) is 18.2 Å². The molecule has 0 amide bonds. The fraction of sp³-hybridized carbons (Fsp3) is 0.769. The number of hydrogen-bond acceptors (Lipinski definition) is 3. The summed E-state index contributed by atoms with van der Waals surface area (Å²) in [6.45, 7) is 5.78. The highest BCUT2D eigenvalue weighted by Crippen LogP contribution is 2.16. The monoisotopic (exact) mass is 236 g/mol. The standard InChI is InChI=1S/C13H24N4/c1-11(13-14-6-9-17(13)3)15-10-12-4-7-16(2)8-5-12/h6,9,11-12,15H,4-5,7-8,10H2,1-3H3. The summed E-state index contributed by atoms with van der Waals surface area (Å²) in [5.74, 6) is 1.95. The molecule has 1 aliphatic heterocycles. The van der Waals surface area contributed by atoms with Gasteiger partial charge in [0.15, 0.2) is 0 Å². The second-order valence-electron chi connectivity index (χ2n) is 5.27. The van der Waals surface area contributed by atoms with Crippen molar-refractivity contribution in [3.8, 4) is 0 Å². The Morgan fingerprint density at radius 3 is 2.71 bits per heavy atom. The number of imidazole rings is 1. The minimum absolute atomic E-state index is 0.342. The van der Waals surface area contributed by atoms with Gasteiger partial charge in [-0.05, 0) is 52.4 Å². The number of rotatable bonds is 4. The van der Waals surface area contributed by atoms with Crippen molar-refractivity contribution in [1.29, 1.82) is 0 Å². The van der Waals surface area contributed by atoms with Gasteiger partial charge in [-0.3, -0.25) is 0 Å². The van der Waals surface area contributed by atoms with E-state index in [0.717, 1.165) is 18.3 Å². The molecule has 0 aliphatic carbocycles. The van der Waals surface area contributed by atoms with Gasteiger partial charge in [0.1, 0.15) is 5.82 Å². The van der Waals surface area contributed by atoms with E-state index in [1.165, 1.54) is 25.9 Å². The van der Waals surface area contributed by atoms with Crippen LogP contribution in [0.25, 0.3) is 0 Å². The van der Waals surface area contributed by atoms with E-state index in [4.69, 9.17) is 0 Å². The fourth-order valence-corrected chi connectivity index (χ4v) is 2.50. The molecule has 0 bridgehead atoms. The summed E-state index contributed by atoms with van der Waals surface area (Å²) in [5.41, 5.74) is 0. The van der Waals surface area contributed by atoms with Crippen LogP contribution < -0.4 is 5.32 Å². The lowest BCUT2D eigenvalue weighted by molar-refractivity contribution is 0.213. The highest BCUT2D eigenvalue weighted by molar-refractivity contribution is 4.97. The summed E-state index contributed by atoms with van der Waals surface area (Å²) in [4.78, 5) is 6.80. The number of aryl methyl sites for hydroxylation is 1. The van der Waals surface area contributed by atoms with Crippen LogP contribution in [0.5, 0.6) is 0 Å². The average Bonchev–Trinajstić information content (AvgIpc) is 2.74. The molecule has 1 fully saturated rings.